The molecule has 5 nitrogen and oxygen atoms in total. The van der Waals surface area contributed by atoms with Gasteiger partial charge < -0.3 is 21.3 Å². The van der Waals surface area contributed by atoms with Crippen LogP contribution in [0.4, 0.5) is 5.69 Å². The van der Waals surface area contributed by atoms with E-state index in [2.05, 4.69) is 5.32 Å². The minimum atomic E-state index is -0.537. The summed E-state index contributed by atoms with van der Waals surface area (Å²) in [6.45, 7) is 1.81. The van der Waals surface area contributed by atoms with Gasteiger partial charge in [-0.25, -0.2) is 0 Å². The van der Waals surface area contributed by atoms with E-state index in [9.17, 15) is 15.0 Å². The molecule has 0 aliphatic carbocycles. The van der Waals surface area contributed by atoms with Crippen LogP contribution in [0.3, 0.4) is 0 Å². The molecule has 0 spiro atoms. The summed E-state index contributed by atoms with van der Waals surface area (Å²) in [5.41, 5.74) is 7.00. The molecule has 2 aromatic carbocycles. The van der Waals surface area contributed by atoms with Crippen LogP contribution in [0.1, 0.15) is 28.9 Å². The van der Waals surface area contributed by atoms with E-state index in [1.807, 2.05) is 12.1 Å². The Hall–Kier alpha value is -2.69. The minimum Gasteiger partial charge on any atom is -0.507 e. The van der Waals surface area contributed by atoms with Gasteiger partial charge in [0.1, 0.15) is 17.1 Å². The normalized spacial score (nSPS) is 11.8. The van der Waals surface area contributed by atoms with Crippen molar-refractivity contribution in [2.24, 2.45) is 0 Å². The second-order valence-corrected chi connectivity index (χ2v) is 4.53. The van der Waals surface area contributed by atoms with E-state index in [1.165, 1.54) is 18.2 Å². The Kier molecular flexibility index (Phi) is 3.79. The average molecular weight is 272 g/mol. The van der Waals surface area contributed by atoms with Crippen LogP contribution in [-0.4, -0.2) is 16.1 Å². The largest absolute Gasteiger partial charge is 0.507 e. The predicted molar refractivity (Wildman–Crippen MR) is 76.5 cm³/mol. The van der Waals surface area contributed by atoms with Gasteiger partial charge in [-0.15, -0.1) is 0 Å². The zero-order valence-corrected chi connectivity index (χ0v) is 11.0. The van der Waals surface area contributed by atoms with Crippen molar-refractivity contribution in [3.05, 3.63) is 53.6 Å². The van der Waals surface area contributed by atoms with E-state index < -0.39 is 5.91 Å². The van der Waals surface area contributed by atoms with Gasteiger partial charge in [0.2, 0.25) is 0 Å². The van der Waals surface area contributed by atoms with E-state index in [0.29, 0.717) is 5.69 Å². The van der Waals surface area contributed by atoms with E-state index >= 15 is 0 Å². The van der Waals surface area contributed by atoms with Gasteiger partial charge >= 0.3 is 0 Å². The van der Waals surface area contributed by atoms with Crippen molar-refractivity contribution in [2.45, 2.75) is 13.0 Å². The number of carbonyl (C=O) groups is 1. The molecule has 1 atom stereocenters. The first kappa shape index (κ1) is 13.7. The van der Waals surface area contributed by atoms with Crippen molar-refractivity contribution in [1.29, 1.82) is 0 Å². The van der Waals surface area contributed by atoms with Gasteiger partial charge in [-0.1, -0.05) is 18.2 Å². The molecule has 0 saturated carbocycles. The number of benzene rings is 2. The fraction of sp³-hybridized carbons (Fsp3) is 0.133. The van der Waals surface area contributed by atoms with Crippen molar-refractivity contribution in [2.75, 3.05) is 5.73 Å². The molecule has 104 valence electrons. The molecule has 0 heterocycles. The van der Waals surface area contributed by atoms with Gasteiger partial charge in [0.25, 0.3) is 5.91 Å². The van der Waals surface area contributed by atoms with Gasteiger partial charge in [0.15, 0.2) is 0 Å². The lowest BCUT2D eigenvalue weighted by atomic mass is 10.1. The molecule has 0 aromatic heterocycles. The highest BCUT2D eigenvalue weighted by molar-refractivity contribution is 5.99. The molecular formula is C15H16N2O3. The van der Waals surface area contributed by atoms with E-state index in [1.54, 1.807) is 19.1 Å². The van der Waals surface area contributed by atoms with Crippen LogP contribution in [-0.2, 0) is 0 Å². The maximum atomic E-state index is 12.1. The molecule has 0 saturated heterocycles. The second-order valence-electron chi connectivity index (χ2n) is 4.53. The highest BCUT2D eigenvalue weighted by Gasteiger charge is 2.18. The van der Waals surface area contributed by atoms with Crippen molar-refractivity contribution >= 4 is 11.6 Å². The van der Waals surface area contributed by atoms with Gasteiger partial charge in [0, 0.05) is 5.69 Å². The van der Waals surface area contributed by atoms with Crippen LogP contribution < -0.4 is 11.1 Å². The monoisotopic (exact) mass is 272 g/mol. The standard InChI is InChI=1S/C15H16N2O3/c1-9(10-5-7-11(16)8-6-10)17-15(20)14-12(18)3-2-4-13(14)19/h2-9,18-19H,16H2,1H3,(H,17,20). The molecule has 0 radical (unpaired) electrons. The molecule has 0 bridgehead atoms. The number of phenolic OH excluding ortho intramolecular Hbond substituents is 2. The lowest BCUT2D eigenvalue weighted by Gasteiger charge is -2.15. The SMILES string of the molecule is CC(NC(=O)c1c(O)cccc1O)c1ccc(N)cc1. The molecule has 2 rings (SSSR count). The minimum absolute atomic E-state index is 0.130. The van der Waals surface area contributed by atoms with Crippen LogP contribution in [0.5, 0.6) is 11.5 Å². The lowest BCUT2D eigenvalue weighted by molar-refractivity contribution is 0.0934. The van der Waals surface area contributed by atoms with Gasteiger partial charge in [-0.2, -0.15) is 0 Å². The molecular weight excluding hydrogens is 256 g/mol. The summed E-state index contributed by atoms with van der Waals surface area (Å²) in [5, 5.41) is 22.0. The molecule has 0 fully saturated rings. The quantitative estimate of drug-likeness (QED) is 0.644. The molecule has 5 heteroatoms. The van der Waals surface area contributed by atoms with Gasteiger partial charge in [0.05, 0.1) is 6.04 Å². The first-order valence-corrected chi connectivity index (χ1v) is 6.16. The van der Waals surface area contributed by atoms with Crippen molar-refractivity contribution in [1.82, 2.24) is 5.32 Å². The number of nitrogens with two attached hydrogens (primary N) is 1. The zero-order valence-electron chi connectivity index (χ0n) is 11.0. The fourth-order valence-corrected chi connectivity index (χ4v) is 1.90. The Morgan fingerprint density at radius 3 is 2.20 bits per heavy atom. The molecule has 1 amide bonds. The summed E-state index contributed by atoms with van der Waals surface area (Å²) < 4.78 is 0. The zero-order chi connectivity index (χ0) is 14.7. The van der Waals surface area contributed by atoms with Crippen molar-refractivity contribution in [3.63, 3.8) is 0 Å². The Balaban J connectivity index is 2.17. The number of nitrogens with one attached hydrogen (secondary N) is 1. The molecule has 0 aliphatic heterocycles. The summed E-state index contributed by atoms with van der Waals surface area (Å²) in [5.74, 6) is -1.05. The summed E-state index contributed by atoms with van der Waals surface area (Å²) in [6.07, 6.45) is 0. The number of anilines is 1. The Labute approximate surface area is 116 Å². The third-order valence-corrected chi connectivity index (χ3v) is 3.03. The Bertz CT molecular complexity index is 603. The smallest absolute Gasteiger partial charge is 0.259 e. The number of phenols is 2. The van der Waals surface area contributed by atoms with Crippen LogP contribution >= 0.6 is 0 Å². The van der Waals surface area contributed by atoms with Crippen LogP contribution in [0.2, 0.25) is 0 Å². The predicted octanol–water partition coefficient (Wildman–Crippen LogP) is 2.17. The van der Waals surface area contributed by atoms with E-state index in [4.69, 9.17) is 5.73 Å². The van der Waals surface area contributed by atoms with Gasteiger partial charge in [-0.3, -0.25) is 4.79 Å². The molecule has 20 heavy (non-hydrogen) atoms. The summed E-state index contributed by atoms with van der Waals surface area (Å²) in [4.78, 5) is 12.1. The molecule has 2 aromatic rings. The lowest BCUT2D eigenvalue weighted by Crippen LogP contribution is -2.26. The Morgan fingerprint density at radius 2 is 1.65 bits per heavy atom. The first-order chi connectivity index (χ1) is 9.49. The number of hydrogen-bond donors (Lipinski definition) is 4. The highest BCUT2D eigenvalue weighted by atomic mass is 16.3. The van der Waals surface area contributed by atoms with Gasteiger partial charge in [-0.05, 0) is 36.8 Å². The summed E-state index contributed by atoms with van der Waals surface area (Å²) in [6, 6.07) is 11.0. The third-order valence-electron chi connectivity index (χ3n) is 3.03. The molecule has 5 N–H and O–H groups in total. The van der Waals surface area contributed by atoms with Crippen LogP contribution in [0.15, 0.2) is 42.5 Å². The number of nitrogen functional groups attached to an aromatic ring is 1. The maximum Gasteiger partial charge on any atom is 0.259 e. The number of rotatable bonds is 3. The van der Waals surface area contributed by atoms with E-state index in [0.717, 1.165) is 5.56 Å². The number of aromatic hydroxyl groups is 2. The average Bonchev–Trinajstić information content (AvgIpc) is 2.39. The van der Waals surface area contributed by atoms with Crippen LogP contribution in [0, 0.1) is 0 Å². The Morgan fingerprint density at radius 1 is 1.10 bits per heavy atom. The highest BCUT2D eigenvalue weighted by Crippen LogP contribution is 2.26. The number of amides is 1. The first-order valence-electron chi connectivity index (χ1n) is 6.16. The number of carbonyl (C=O) groups excluding carboxylic acids is 1. The van der Waals surface area contributed by atoms with Crippen LogP contribution in [0.25, 0.3) is 0 Å². The van der Waals surface area contributed by atoms with Crippen molar-refractivity contribution in [3.8, 4) is 11.5 Å². The third kappa shape index (κ3) is 2.83. The second kappa shape index (κ2) is 5.52. The topological polar surface area (TPSA) is 95.6 Å². The van der Waals surface area contributed by atoms with Crippen molar-refractivity contribution < 1.29 is 15.0 Å². The molecule has 0 aliphatic rings. The summed E-state index contributed by atoms with van der Waals surface area (Å²) in [7, 11) is 0. The maximum absolute atomic E-state index is 12.1. The molecule has 1 unspecified atom stereocenters. The fourth-order valence-electron chi connectivity index (χ4n) is 1.90. The van der Waals surface area contributed by atoms with E-state index in [-0.39, 0.29) is 23.1 Å². The summed E-state index contributed by atoms with van der Waals surface area (Å²) >= 11 is 0. The number of hydrogen-bond acceptors (Lipinski definition) is 4.